The molecule has 0 fully saturated rings. The van der Waals surface area contributed by atoms with Crippen LogP contribution < -0.4 is 4.74 Å². The maximum atomic E-state index is 12.9. The second-order valence-corrected chi connectivity index (χ2v) is 4.05. The second-order valence-electron chi connectivity index (χ2n) is 3.13. The topological polar surface area (TPSA) is 35.5 Å². The number of esters is 1. The molecule has 0 aliphatic rings. The van der Waals surface area contributed by atoms with Crippen LogP contribution in [0.1, 0.15) is 12.8 Å². The highest BCUT2D eigenvalue weighted by Gasteiger charge is 2.02. The summed E-state index contributed by atoms with van der Waals surface area (Å²) in [7, 11) is 1.34. The first-order chi connectivity index (χ1) is 7.61. The molecule has 0 heterocycles. The maximum absolute atomic E-state index is 12.9. The first-order valence-electron chi connectivity index (χ1n) is 4.77. The Kier molecular flexibility index (Phi) is 5.25. The van der Waals surface area contributed by atoms with Crippen molar-refractivity contribution in [2.75, 3.05) is 13.7 Å². The summed E-state index contributed by atoms with van der Waals surface area (Å²) in [4.78, 5) is 10.8. The van der Waals surface area contributed by atoms with Gasteiger partial charge in [0.2, 0.25) is 0 Å². The molecular formula is C11H12BrFO3. The van der Waals surface area contributed by atoms with E-state index < -0.39 is 0 Å². The fourth-order valence-corrected chi connectivity index (χ4v) is 1.56. The average Bonchev–Trinajstić information content (AvgIpc) is 2.22. The van der Waals surface area contributed by atoms with Gasteiger partial charge in [0.05, 0.1) is 13.7 Å². The van der Waals surface area contributed by atoms with Gasteiger partial charge in [0.15, 0.2) is 0 Å². The molecule has 0 aliphatic heterocycles. The Morgan fingerprint density at radius 3 is 2.81 bits per heavy atom. The van der Waals surface area contributed by atoms with Crippen molar-refractivity contribution >= 4 is 21.9 Å². The normalized spacial score (nSPS) is 9.94. The number of rotatable bonds is 5. The van der Waals surface area contributed by atoms with Crippen LogP contribution in [0, 0.1) is 5.82 Å². The third-order valence-corrected chi connectivity index (χ3v) is 2.32. The van der Waals surface area contributed by atoms with E-state index in [0.29, 0.717) is 29.7 Å². The fraction of sp³-hybridized carbons (Fsp3) is 0.364. The molecule has 16 heavy (non-hydrogen) atoms. The Balaban J connectivity index is 2.34. The zero-order valence-electron chi connectivity index (χ0n) is 8.83. The minimum absolute atomic E-state index is 0.274. The molecule has 0 aromatic heterocycles. The molecule has 1 aromatic carbocycles. The molecular weight excluding hydrogens is 279 g/mol. The van der Waals surface area contributed by atoms with Gasteiger partial charge in [0.25, 0.3) is 0 Å². The Labute approximate surface area is 102 Å². The van der Waals surface area contributed by atoms with Crippen LogP contribution in [-0.4, -0.2) is 19.7 Å². The quantitative estimate of drug-likeness (QED) is 0.618. The Morgan fingerprint density at radius 1 is 1.44 bits per heavy atom. The number of ether oxygens (including phenoxy) is 2. The van der Waals surface area contributed by atoms with Crippen LogP contribution in [0.4, 0.5) is 4.39 Å². The van der Waals surface area contributed by atoms with Gasteiger partial charge in [0.1, 0.15) is 11.6 Å². The molecule has 0 aliphatic carbocycles. The first kappa shape index (κ1) is 13.0. The van der Waals surface area contributed by atoms with E-state index in [4.69, 9.17) is 4.74 Å². The van der Waals surface area contributed by atoms with E-state index in [1.54, 1.807) is 6.07 Å². The minimum atomic E-state index is -0.364. The van der Waals surface area contributed by atoms with Gasteiger partial charge in [-0.05, 0) is 18.6 Å². The summed E-state index contributed by atoms with van der Waals surface area (Å²) in [6, 6.07) is 4.31. The Hall–Kier alpha value is -1.10. The van der Waals surface area contributed by atoms with Crippen molar-refractivity contribution in [1.82, 2.24) is 0 Å². The molecule has 0 spiro atoms. The molecule has 0 radical (unpaired) electrons. The number of halogens is 2. The summed E-state index contributed by atoms with van der Waals surface area (Å²) in [6.45, 7) is 0.352. The third kappa shape index (κ3) is 4.61. The summed E-state index contributed by atoms with van der Waals surface area (Å²) in [5, 5.41) is 0. The molecule has 1 rings (SSSR count). The number of hydrogen-bond acceptors (Lipinski definition) is 3. The van der Waals surface area contributed by atoms with Crippen molar-refractivity contribution in [2.24, 2.45) is 0 Å². The summed E-state index contributed by atoms with van der Waals surface area (Å²) in [5.41, 5.74) is 0. The van der Waals surface area contributed by atoms with Gasteiger partial charge in [-0.25, -0.2) is 4.39 Å². The van der Waals surface area contributed by atoms with Gasteiger partial charge in [-0.1, -0.05) is 15.9 Å². The van der Waals surface area contributed by atoms with E-state index in [9.17, 15) is 9.18 Å². The molecule has 0 bridgehead atoms. The molecule has 0 atom stereocenters. The predicted octanol–water partition coefficient (Wildman–Crippen LogP) is 2.92. The van der Waals surface area contributed by atoms with Crippen molar-refractivity contribution in [3.8, 4) is 5.75 Å². The van der Waals surface area contributed by atoms with Crippen LogP contribution in [0.2, 0.25) is 0 Å². The van der Waals surface area contributed by atoms with E-state index in [2.05, 4.69) is 20.7 Å². The monoisotopic (exact) mass is 290 g/mol. The van der Waals surface area contributed by atoms with Crippen LogP contribution in [0.3, 0.4) is 0 Å². The zero-order chi connectivity index (χ0) is 12.0. The van der Waals surface area contributed by atoms with Gasteiger partial charge < -0.3 is 9.47 Å². The van der Waals surface area contributed by atoms with Gasteiger partial charge in [-0.3, -0.25) is 4.79 Å². The predicted molar refractivity (Wildman–Crippen MR) is 60.8 cm³/mol. The largest absolute Gasteiger partial charge is 0.493 e. The molecule has 0 amide bonds. The minimum Gasteiger partial charge on any atom is -0.493 e. The third-order valence-electron chi connectivity index (χ3n) is 1.86. The highest BCUT2D eigenvalue weighted by atomic mass is 79.9. The highest BCUT2D eigenvalue weighted by Crippen LogP contribution is 2.20. The number of carbonyl (C=O) groups excluding carboxylic acids is 1. The molecule has 3 nitrogen and oxygen atoms in total. The van der Waals surface area contributed by atoms with Crippen molar-refractivity contribution in [1.29, 1.82) is 0 Å². The number of methoxy groups -OCH3 is 1. The highest BCUT2D eigenvalue weighted by molar-refractivity contribution is 9.10. The van der Waals surface area contributed by atoms with E-state index in [0.717, 1.165) is 0 Å². The first-order valence-corrected chi connectivity index (χ1v) is 5.57. The second kappa shape index (κ2) is 6.48. The molecule has 1 aromatic rings. The van der Waals surface area contributed by atoms with Crippen LogP contribution >= 0.6 is 15.9 Å². The lowest BCUT2D eigenvalue weighted by atomic mass is 10.3. The summed E-state index contributed by atoms with van der Waals surface area (Å²) < 4.78 is 23.3. The number of benzene rings is 1. The SMILES string of the molecule is COC(=O)CCCOc1cc(F)cc(Br)c1. The average molecular weight is 291 g/mol. The molecule has 0 N–H and O–H groups in total. The van der Waals surface area contributed by atoms with Crippen LogP contribution in [0.5, 0.6) is 5.75 Å². The van der Waals surface area contributed by atoms with Crippen molar-refractivity contribution in [3.05, 3.63) is 28.5 Å². The van der Waals surface area contributed by atoms with Crippen LogP contribution in [0.25, 0.3) is 0 Å². The smallest absolute Gasteiger partial charge is 0.305 e. The Morgan fingerprint density at radius 2 is 2.19 bits per heavy atom. The van der Waals surface area contributed by atoms with Crippen molar-refractivity contribution < 1.29 is 18.7 Å². The summed E-state index contributed by atoms with van der Waals surface area (Å²) in [6.07, 6.45) is 0.841. The van der Waals surface area contributed by atoms with E-state index in [-0.39, 0.29) is 11.8 Å². The lowest BCUT2D eigenvalue weighted by Gasteiger charge is -2.06. The van der Waals surface area contributed by atoms with Gasteiger partial charge in [0, 0.05) is 17.0 Å². The fourth-order valence-electron chi connectivity index (χ4n) is 1.12. The standard InChI is InChI=1S/C11H12BrFO3/c1-15-11(14)3-2-4-16-10-6-8(12)5-9(13)7-10/h5-7H,2-4H2,1H3. The van der Waals surface area contributed by atoms with E-state index >= 15 is 0 Å². The van der Waals surface area contributed by atoms with Gasteiger partial charge >= 0.3 is 5.97 Å². The maximum Gasteiger partial charge on any atom is 0.305 e. The summed E-state index contributed by atoms with van der Waals surface area (Å²) >= 11 is 3.16. The van der Waals surface area contributed by atoms with Crippen molar-refractivity contribution in [2.45, 2.75) is 12.8 Å². The zero-order valence-corrected chi connectivity index (χ0v) is 10.4. The van der Waals surface area contributed by atoms with Gasteiger partial charge in [-0.15, -0.1) is 0 Å². The molecule has 5 heteroatoms. The molecule has 88 valence electrons. The molecule has 0 unspecified atom stereocenters. The van der Waals surface area contributed by atoms with Crippen LogP contribution in [-0.2, 0) is 9.53 Å². The molecule has 0 saturated heterocycles. The van der Waals surface area contributed by atoms with Crippen LogP contribution in [0.15, 0.2) is 22.7 Å². The van der Waals surface area contributed by atoms with Gasteiger partial charge in [-0.2, -0.15) is 0 Å². The summed E-state index contributed by atoms with van der Waals surface area (Å²) in [5.74, 6) is -0.196. The Bertz CT molecular complexity index is 348. The molecule has 0 saturated carbocycles. The number of hydrogen-bond donors (Lipinski definition) is 0. The van der Waals surface area contributed by atoms with E-state index in [1.165, 1.54) is 19.2 Å². The lowest BCUT2D eigenvalue weighted by molar-refractivity contribution is -0.140. The lowest BCUT2D eigenvalue weighted by Crippen LogP contribution is -2.04. The number of carbonyl (C=O) groups is 1. The van der Waals surface area contributed by atoms with E-state index in [1.807, 2.05) is 0 Å². The van der Waals surface area contributed by atoms with Crippen molar-refractivity contribution in [3.63, 3.8) is 0 Å².